The average molecular weight is 274 g/mol. The normalized spacial score (nSPS) is 10.3. The summed E-state index contributed by atoms with van der Waals surface area (Å²) in [5.74, 6) is -0.0312. The van der Waals surface area contributed by atoms with E-state index in [4.69, 9.17) is 0 Å². The maximum Gasteiger partial charge on any atom is 0.251 e. The highest BCUT2D eigenvalue weighted by molar-refractivity contribution is 7.08. The first-order valence-corrected chi connectivity index (χ1v) is 7.14. The molecule has 2 rings (SSSR count). The van der Waals surface area contributed by atoms with E-state index in [1.165, 1.54) is 11.1 Å². The molecular formula is C15H18N2OS. The molecule has 3 nitrogen and oxygen atoms in total. The van der Waals surface area contributed by atoms with Gasteiger partial charge in [-0.1, -0.05) is 0 Å². The third-order valence-electron chi connectivity index (χ3n) is 3.16. The largest absolute Gasteiger partial charge is 0.388 e. The van der Waals surface area contributed by atoms with Crippen molar-refractivity contribution in [1.29, 1.82) is 0 Å². The van der Waals surface area contributed by atoms with Crippen molar-refractivity contribution in [3.63, 3.8) is 0 Å². The van der Waals surface area contributed by atoms with E-state index < -0.39 is 0 Å². The third-order valence-corrected chi connectivity index (χ3v) is 4.07. The van der Waals surface area contributed by atoms with Gasteiger partial charge in [0.05, 0.1) is 0 Å². The average Bonchev–Trinajstić information content (AvgIpc) is 2.81. The van der Waals surface area contributed by atoms with Crippen molar-refractivity contribution in [2.45, 2.75) is 20.4 Å². The smallest absolute Gasteiger partial charge is 0.251 e. The quantitative estimate of drug-likeness (QED) is 0.898. The Kier molecular flexibility index (Phi) is 4.22. The van der Waals surface area contributed by atoms with Gasteiger partial charge in [-0.05, 0) is 59.5 Å². The lowest BCUT2D eigenvalue weighted by atomic mass is 10.1. The summed E-state index contributed by atoms with van der Waals surface area (Å²) in [4.78, 5) is 12.1. The van der Waals surface area contributed by atoms with Gasteiger partial charge in [-0.15, -0.1) is 0 Å². The number of thiophene rings is 1. The molecule has 2 aromatic rings. The maximum absolute atomic E-state index is 12.1. The number of benzene rings is 1. The van der Waals surface area contributed by atoms with Gasteiger partial charge >= 0.3 is 0 Å². The van der Waals surface area contributed by atoms with Crippen LogP contribution in [0.5, 0.6) is 0 Å². The van der Waals surface area contributed by atoms with E-state index in [9.17, 15) is 4.79 Å². The van der Waals surface area contributed by atoms with Gasteiger partial charge in [0, 0.05) is 24.8 Å². The number of anilines is 1. The Morgan fingerprint density at radius 2 is 2.00 bits per heavy atom. The van der Waals surface area contributed by atoms with E-state index in [-0.39, 0.29) is 5.91 Å². The fraction of sp³-hybridized carbons (Fsp3) is 0.267. The van der Waals surface area contributed by atoms with Crippen LogP contribution in [-0.4, -0.2) is 13.0 Å². The molecule has 1 amide bonds. The van der Waals surface area contributed by atoms with Crippen molar-refractivity contribution in [2.75, 3.05) is 12.4 Å². The van der Waals surface area contributed by atoms with Gasteiger partial charge in [0.2, 0.25) is 0 Å². The van der Waals surface area contributed by atoms with Crippen molar-refractivity contribution < 1.29 is 4.79 Å². The summed E-state index contributed by atoms with van der Waals surface area (Å²) in [6.07, 6.45) is 0. The topological polar surface area (TPSA) is 41.1 Å². The van der Waals surface area contributed by atoms with Gasteiger partial charge in [-0.25, -0.2) is 0 Å². The summed E-state index contributed by atoms with van der Waals surface area (Å²) in [6, 6.07) is 5.68. The molecule has 0 unspecified atom stereocenters. The van der Waals surface area contributed by atoms with Gasteiger partial charge in [-0.3, -0.25) is 4.79 Å². The van der Waals surface area contributed by atoms with E-state index in [0.29, 0.717) is 12.1 Å². The molecule has 1 aromatic carbocycles. The molecule has 0 bridgehead atoms. The van der Waals surface area contributed by atoms with Gasteiger partial charge in [0.15, 0.2) is 0 Å². The van der Waals surface area contributed by atoms with Gasteiger partial charge in [0.25, 0.3) is 5.91 Å². The van der Waals surface area contributed by atoms with Gasteiger partial charge in [0.1, 0.15) is 0 Å². The van der Waals surface area contributed by atoms with E-state index >= 15 is 0 Å². The summed E-state index contributed by atoms with van der Waals surface area (Å²) in [6.45, 7) is 4.64. The molecule has 0 saturated carbocycles. The fourth-order valence-electron chi connectivity index (χ4n) is 1.93. The van der Waals surface area contributed by atoms with Crippen molar-refractivity contribution in [3.8, 4) is 0 Å². The number of hydrogen-bond acceptors (Lipinski definition) is 3. The zero-order chi connectivity index (χ0) is 13.8. The van der Waals surface area contributed by atoms with Gasteiger partial charge in [-0.2, -0.15) is 11.3 Å². The first-order chi connectivity index (χ1) is 9.11. The predicted molar refractivity (Wildman–Crippen MR) is 81.0 cm³/mol. The molecule has 19 heavy (non-hydrogen) atoms. The zero-order valence-electron chi connectivity index (χ0n) is 11.4. The zero-order valence-corrected chi connectivity index (χ0v) is 12.2. The lowest BCUT2D eigenvalue weighted by Gasteiger charge is -2.09. The SMILES string of the molecule is CNc1ccc(C(=O)NCc2cscc2C)cc1C. The van der Waals surface area contributed by atoms with Crippen molar-refractivity contribution in [1.82, 2.24) is 5.32 Å². The molecule has 1 aromatic heterocycles. The van der Waals surface area contributed by atoms with Crippen LogP contribution in [0.25, 0.3) is 0 Å². The minimum absolute atomic E-state index is 0.0312. The van der Waals surface area contributed by atoms with Crippen molar-refractivity contribution in [3.05, 3.63) is 51.2 Å². The standard InChI is InChI=1S/C15H18N2OS/c1-10-6-12(4-5-14(10)16-3)15(18)17-7-13-9-19-8-11(13)2/h4-6,8-9,16H,7H2,1-3H3,(H,17,18). The van der Waals surface area contributed by atoms with Crippen LogP contribution in [-0.2, 0) is 6.54 Å². The monoisotopic (exact) mass is 274 g/mol. The highest BCUT2D eigenvalue weighted by Gasteiger charge is 2.08. The van der Waals surface area contributed by atoms with Crippen LogP contribution in [0.15, 0.2) is 29.0 Å². The summed E-state index contributed by atoms with van der Waals surface area (Å²) in [7, 11) is 1.88. The van der Waals surface area contributed by atoms with Gasteiger partial charge < -0.3 is 10.6 Å². The molecule has 0 aliphatic heterocycles. The summed E-state index contributed by atoms with van der Waals surface area (Å²) in [5.41, 5.74) is 5.23. The number of carbonyl (C=O) groups excluding carboxylic acids is 1. The number of rotatable bonds is 4. The Balaban J connectivity index is 2.04. The second-order valence-corrected chi connectivity index (χ2v) is 5.29. The fourth-order valence-corrected chi connectivity index (χ4v) is 2.79. The first kappa shape index (κ1) is 13.6. The van der Waals surface area contributed by atoms with Crippen LogP contribution < -0.4 is 10.6 Å². The summed E-state index contributed by atoms with van der Waals surface area (Å²) >= 11 is 1.66. The number of amides is 1. The number of nitrogens with one attached hydrogen (secondary N) is 2. The highest BCUT2D eigenvalue weighted by Crippen LogP contribution is 2.16. The predicted octanol–water partition coefficient (Wildman–Crippen LogP) is 3.34. The molecule has 0 saturated heterocycles. The van der Waals surface area contributed by atoms with E-state index in [2.05, 4.69) is 28.3 Å². The van der Waals surface area contributed by atoms with E-state index in [1.807, 2.05) is 32.2 Å². The maximum atomic E-state index is 12.1. The Morgan fingerprint density at radius 1 is 1.21 bits per heavy atom. The van der Waals surface area contributed by atoms with Crippen LogP contribution in [0.3, 0.4) is 0 Å². The third kappa shape index (κ3) is 3.15. The Morgan fingerprint density at radius 3 is 2.58 bits per heavy atom. The molecule has 100 valence electrons. The Bertz CT molecular complexity index is 590. The minimum atomic E-state index is -0.0312. The van der Waals surface area contributed by atoms with Crippen molar-refractivity contribution >= 4 is 22.9 Å². The number of aryl methyl sites for hydroxylation is 2. The minimum Gasteiger partial charge on any atom is -0.388 e. The molecule has 0 aliphatic rings. The van der Waals surface area contributed by atoms with Crippen LogP contribution in [0.2, 0.25) is 0 Å². The molecule has 2 N–H and O–H groups in total. The van der Waals surface area contributed by atoms with E-state index in [0.717, 1.165) is 11.3 Å². The molecule has 0 spiro atoms. The Hall–Kier alpha value is -1.81. The number of hydrogen-bond donors (Lipinski definition) is 2. The molecule has 0 atom stereocenters. The van der Waals surface area contributed by atoms with Crippen LogP contribution in [0, 0.1) is 13.8 Å². The highest BCUT2D eigenvalue weighted by atomic mass is 32.1. The second kappa shape index (κ2) is 5.89. The lowest BCUT2D eigenvalue weighted by Crippen LogP contribution is -2.23. The summed E-state index contributed by atoms with van der Waals surface area (Å²) < 4.78 is 0. The second-order valence-electron chi connectivity index (χ2n) is 4.54. The molecule has 4 heteroatoms. The van der Waals surface area contributed by atoms with Crippen LogP contribution >= 0.6 is 11.3 Å². The number of carbonyl (C=O) groups is 1. The van der Waals surface area contributed by atoms with Crippen LogP contribution in [0.1, 0.15) is 27.0 Å². The van der Waals surface area contributed by atoms with E-state index in [1.54, 1.807) is 11.3 Å². The lowest BCUT2D eigenvalue weighted by molar-refractivity contribution is 0.0951. The first-order valence-electron chi connectivity index (χ1n) is 6.20. The molecule has 0 aliphatic carbocycles. The Labute approximate surface area is 117 Å². The van der Waals surface area contributed by atoms with Crippen LogP contribution in [0.4, 0.5) is 5.69 Å². The molecule has 0 radical (unpaired) electrons. The molecule has 1 heterocycles. The molecule has 0 fully saturated rings. The summed E-state index contributed by atoms with van der Waals surface area (Å²) in [5, 5.41) is 10.2. The van der Waals surface area contributed by atoms with Crippen molar-refractivity contribution in [2.24, 2.45) is 0 Å². The molecular weight excluding hydrogens is 256 g/mol.